The number of fused-ring (bicyclic) bond motifs is 1. The van der Waals surface area contributed by atoms with Crippen molar-refractivity contribution in [3.63, 3.8) is 0 Å². The first-order valence-electron chi connectivity index (χ1n) is 10.5. The van der Waals surface area contributed by atoms with Gasteiger partial charge in [0, 0.05) is 12.1 Å². The van der Waals surface area contributed by atoms with Crippen molar-refractivity contribution in [2.75, 3.05) is 0 Å². The summed E-state index contributed by atoms with van der Waals surface area (Å²) in [5.41, 5.74) is 1.19. The first-order chi connectivity index (χ1) is 12.4. The number of benzene rings is 1. The fourth-order valence-electron chi connectivity index (χ4n) is 5.11. The SMILES string of the molecule is CCC(c1nc2ccccc2s1)N(C1CCCCC1)C1CCCCC1. The van der Waals surface area contributed by atoms with Crippen LogP contribution in [0.15, 0.2) is 24.3 Å². The predicted octanol–water partition coefficient (Wildman–Crippen LogP) is 6.71. The molecule has 136 valence electrons. The lowest BCUT2D eigenvalue weighted by Crippen LogP contribution is -2.47. The van der Waals surface area contributed by atoms with Crippen molar-refractivity contribution in [1.29, 1.82) is 0 Å². The average molecular weight is 357 g/mol. The monoisotopic (exact) mass is 356 g/mol. The van der Waals surface area contributed by atoms with Crippen LogP contribution in [0.5, 0.6) is 0 Å². The number of hydrogen-bond acceptors (Lipinski definition) is 3. The predicted molar refractivity (Wildman–Crippen MR) is 108 cm³/mol. The second-order valence-corrected chi connectivity index (χ2v) is 9.04. The van der Waals surface area contributed by atoms with Gasteiger partial charge in [-0.15, -0.1) is 11.3 Å². The quantitative estimate of drug-likeness (QED) is 0.591. The lowest BCUT2D eigenvalue weighted by Gasteiger charge is -2.45. The van der Waals surface area contributed by atoms with Crippen molar-refractivity contribution in [3.05, 3.63) is 29.3 Å². The molecule has 1 atom stereocenters. The molecule has 0 aliphatic heterocycles. The van der Waals surface area contributed by atoms with Crippen LogP contribution in [0, 0.1) is 0 Å². The third-order valence-corrected chi connectivity index (χ3v) is 7.47. The van der Waals surface area contributed by atoms with Crippen molar-refractivity contribution < 1.29 is 0 Å². The van der Waals surface area contributed by atoms with Crippen LogP contribution in [0.3, 0.4) is 0 Å². The van der Waals surface area contributed by atoms with Crippen LogP contribution in [0.2, 0.25) is 0 Å². The molecule has 4 rings (SSSR count). The largest absolute Gasteiger partial charge is 0.288 e. The van der Waals surface area contributed by atoms with E-state index < -0.39 is 0 Å². The van der Waals surface area contributed by atoms with E-state index in [2.05, 4.69) is 36.1 Å². The Kier molecular flexibility index (Phi) is 5.72. The average Bonchev–Trinajstić information content (AvgIpc) is 3.11. The van der Waals surface area contributed by atoms with E-state index in [0.717, 1.165) is 12.1 Å². The molecule has 2 saturated carbocycles. The third-order valence-electron chi connectivity index (χ3n) is 6.33. The van der Waals surface area contributed by atoms with E-state index in [1.54, 1.807) is 0 Å². The van der Waals surface area contributed by atoms with Gasteiger partial charge in [-0.2, -0.15) is 0 Å². The minimum atomic E-state index is 0.517. The Bertz CT molecular complexity index is 616. The van der Waals surface area contributed by atoms with Crippen molar-refractivity contribution in [2.45, 2.75) is 95.7 Å². The first-order valence-corrected chi connectivity index (χ1v) is 11.3. The Hall–Kier alpha value is -0.930. The van der Waals surface area contributed by atoms with Crippen molar-refractivity contribution in [3.8, 4) is 0 Å². The molecule has 0 bridgehead atoms. The molecule has 0 spiro atoms. The normalized spacial score (nSPS) is 21.8. The van der Waals surface area contributed by atoms with E-state index in [0.29, 0.717) is 6.04 Å². The molecule has 1 heterocycles. The smallest absolute Gasteiger partial charge is 0.111 e. The summed E-state index contributed by atoms with van der Waals surface area (Å²) in [5, 5.41) is 1.36. The minimum absolute atomic E-state index is 0.517. The Morgan fingerprint density at radius 2 is 1.56 bits per heavy atom. The molecule has 25 heavy (non-hydrogen) atoms. The molecule has 2 aromatic rings. The summed E-state index contributed by atoms with van der Waals surface area (Å²) in [6.07, 6.45) is 15.3. The van der Waals surface area contributed by atoms with Gasteiger partial charge in [0.15, 0.2) is 0 Å². The van der Waals surface area contributed by atoms with Crippen LogP contribution < -0.4 is 0 Å². The summed E-state index contributed by atoms with van der Waals surface area (Å²) in [6.45, 7) is 2.37. The van der Waals surface area contributed by atoms with Crippen molar-refractivity contribution >= 4 is 21.6 Å². The maximum Gasteiger partial charge on any atom is 0.111 e. The Morgan fingerprint density at radius 1 is 0.960 bits per heavy atom. The van der Waals surface area contributed by atoms with Gasteiger partial charge in [0.2, 0.25) is 0 Å². The molecule has 2 fully saturated rings. The number of hydrogen-bond donors (Lipinski definition) is 0. The highest BCUT2D eigenvalue weighted by molar-refractivity contribution is 7.18. The molecule has 2 nitrogen and oxygen atoms in total. The van der Waals surface area contributed by atoms with Crippen molar-refractivity contribution in [2.24, 2.45) is 0 Å². The lowest BCUT2D eigenvalue weighted by molar-refractivity contribution is 0.0347. The van der Waals surface area contributed by atoms with Crippen LogP contribution in [0.4, 0.5) is 0 Å². The number of nitrogens with zero attached hydrogens (tertiary/aromatic N) is 2. The topological polar surface area (TPSA) is 16.1 Å². The zero-order valence-corrected chi connectivity index (χ0v) is 16.4. The van der Waals surface area contributed by atoms with Gasteiger partial charge in [0.1, 0.15) is 5.01 Å². The van der Waals surface area contributed by atoms with E-state index in [-0.39, 0.29) is 0 Å². The van der Waals surface area contributed by atoms with E-state index in [9.17, 15) is 0 Å². The molecule has 3 heteroatoms. The fraction of sp³-hybridized carbons (Fsp3) is 0.682. The zero-order valence-electron chi connectivity index (χ0n) is 15.6. The van der Waals surface area contributed by atoms with E-state index in [1.165, 1.54) is 85.9 Å². The molecule has 1 aromatic carbocycles. The highest BCUT2D eigenvalue weighted by atomic mass is 32.1. The molecule has 0 saturated heterocycles. The van der Waals surface area contributed by atoms with Gasteiger partial charge in [0.05, 0.1) is 16.3 Å². The van der Waals surface area contributed by atoms with Gasteiger partial charge in [-0.05, 0) is 44.2 Å². The highest BCUT2D eigenvalue weighted by Crippen LogP contribution is 2.40. The number of para-hydroxylation sites is 1. The van der Waals surface area contributed by atoms with Gasteiger partial charge < -0.3 is 0 Å². The van der Waals surface area contributed by atoms with Gasteiger partial charge in [-0.3, -0.25) is 4.90 Å². The number of rotatable bonds is 5. The molecule has 2 aliphatic rings. The Labute approximate surface area is 156 Å². The van der Waals surface area contributed by atoms with Crippen LogP contribution in [0.25, 0.3) is 10.2 Å². The zero-order chi connectivity index (χ0) is 17.1. The Balaban J connectivity index is 1.66. The van der Waals surface area contributed by atoms with Gasteiger partial charge in [-0.1, -0.05) is 57.6 Å². The molecule has 0 radical (unpaired) electrons. The second kappa shape index (κ2) is 8.18. The van der Waals surface area contributed by atoms with Gasteiger partial charge in [-0.25, -0.2) is 4.98 Å². The molecular weight excluding hydrogens is 324 g/mol. The molecule has 1 aromatic heterocycles. The van der Waals surface area contributed by atoms with E-state index in [4.69, 9.17) is 4.98 Å². The van der Waals surface area contributed by atoms with Gasteiger partial charge in [0.25, 0.3) is 0 Å². The maximum atomic E-state index is 5.07. The van der Waals surface area contributed by atoms with Crippen LogP contribution in [0.1, 0.15) is 88.6 Å². The van der Waals surface area contributed by atoms with E-state index >= 15 is 0 Å². The standard InChI is InChI=1S/C22H32N2S/c1-2-20(22-23-19-15-9-10-16-21(19)25-22)24(17-11-5-3-6-12-17)18-13-7-4-8-14-18/h9-10,15-18,20H,2-8,11-14H2,1H3. The molecule has 0 amide bonds. The summed E-state index contributed by atoms with van der Waals surface area (Å²) in [5.74, 6) is 0. The summed E-state index contributed by atoms with van der Waals surface area (Å²) in [6, 6.07) is 10.8. The summed E-state index contributed by atoms with van der Waals surface area (Å²) < 4.78 is 1.35. The molecule has 1 unspecified atom stereocenters. The molecule has 0 N–H and O–H groups in total. The number of aromatic nitrogens is 1. The number of thiazole rings is 1. The molecular formula is C22H32N2S. The highest BCUT2D eigenvalue weighted by Gasteiger charge is 2.35. The first kappa shape index (κ1) is 17.5. The van der Waals surface area contributed by atoms with Crippen molar-refractivity contribution in [1.82, 2.24) is 9.88 Å². The second-order valence-electron chi connectivity index (χ2n) is 7.97. The lowest BCUT2D eigenvalue weighted by atomic mass is 9.87. The Morgan fingerprint density at radius 3 is 2.12 bits per heavy atom. The fourth-order valence-corrected chi connectivity index (χ4v) is 6.27. The third kappa shape index (κ3) is 3.78. The summed E-state index contributed by atoms with van der Waals surface area (Å²) in [7, 11) is 0. The van der Waals surface area contributed by atoms with Crippen LogP contribution in [-0.2, 0) is 0 Å². The van der Waals surface area contributed by atoms with Crippen LogP contribution in [-0.4, -0.2) is 22.0 Å². The molecule has 2 aliphatic carbocycles. The van der Waals surface area contributed by atoms with E-state index in [1.807, 2.05) is 11.3 Å². The summed E-state index contributed by atoms with van der Waals surface area (Å²) >= 11 is 1.93. The maximum absolute atomic E-state index is 5.07. The van der Waals surface area contributed by atoms with Gasteiger partial charge >= 0.3 is 0 Å². The minimum Gasteiger partial charge on any atom is -0.288 e. The summed E-state index contributed by atoms with van der Waals surface area (Å²) in [4.78, 5) is 8.03. The van der Waals surface area contributed by atoms with Crippen LogP contribution >= 0.6 is 11.3 Å².